The first kappa shape index (κ1) is 15.7. The summed E-state index contributed by atoms with van der Waals surface area (Å²) in [5.41, 5.74) is 4.80. The Bertz CT molecular complexity index is 1020. The van der Waals surface area contributed by atoms with E-state index in [4.69, 9.17) is 4.74 Å². The van der Waals surface area contributed by atoms with E-state index in [1.54, 1.807) is 6.07 Å². The summed E-state index contributed by atoms with van der Waals surface area (Å²) in [5.74, 6) is -0.215. The van der Waals surface area contributed by atoms with Crippen LogP contribution in [-0.4, -0.2) is 23.9 Å². The standard InChI is InChI=1S/C21H19FN2O2/c22-16-9-12(6-7-13(16)17-5-2-8-23-17)21-15-10-26-11-19(25)14-3-1-4-18(24-21)20(14)15/h1,3-4,6-7,9,17,23-24H,2,5,8,10-11H2/t17-/m0/s1. The van der Waals surface area contributed by atoms with E-state index < -0.39 is 0 Å². The summed E-state index contributed by atoms with van der Waals surface area (Å²) in [5, 5.41) is 4.24. The van der Waals surface area contributed by atoms with Gasteiger partial charge in [-0.3, -0.25) is 4.79 Å². The Morgan fingerprint density at radius 3 is 2.88 bits per heavy atom. The molecule has 1 aromatic heterocycles. The summed E-state index contributed by atoms with van der Waals surface area (Å²) >= 11 is 0. The van der Waals surface area contributed by atoms with E-state index in [1.807, 2.05) is 30.3 Å². The number of carbonyl (C=O) groups is 1. The minimum absolute atomic E-state index is 0.0197. The molecule has 0 radical (unpaired) electrons. The Morgan fingerprint density at radius 1 is 1.15 bits per heavy atom. The van der Waals surface area contributed by atoms with Crippen LogP contribution in [0.25, 0.3) is 22.2 Å². The fraction of sp³-hybridized carbons (Fsp3) is 0.286. The van der Waals surface area contributed by atoms with Crippen molar-refractivity contribution >= 4 is 16.7 Å². The molecule has 3 aromatic rings. The Kier molecular flexibility index (Phi) is 3.65. The molecular weight excluding hydrogens is 331 g/mol. The number of hydrogen-bond acceptors (Lipinski definition) is 3. The lowest BCUT2D eigenvalue weighted by atomic mass is 9.98. The first-order valence-corrected chi connectivity index (χ1v) is 9.00. The van der Waals surface area contributed by atoms with E-state index in [1.165, 1.54) is 0 Å². The number of Topliss-reactive ketones (excluding diaryl/α,β-unsaturated/α-hetero) is 1. The highest BCUT2D eigenvalue weighted by Crippen LogP contribution is 2.36. The van der Waals surface area contributed by atoms with Crippen molar-refractivity contribution in [3.63, 3.8) is 0 Å². The second kappa shape index (κ2) is 6.04. The normalized spacial score (nSPS) is 19.9. The minimum Gasteiger partial charge on any atom is -0.369 e. The van der Waals surface area contributed by atoms with Gasteiger partial charge in [0.05, 0.1) is 12.3 Å². The number of carbonyl (C=O) groups excluding carboxylic acids is 1. The monoisotopic (exact) mass is 350 g/mol. The van der Waals surface area contributed by atoms with Crippen LogP contribution in [0.4, 0.5) is 4.39 Å². The maximum absolute atomic E-state index is 14.8. The van der Waals surface area contributed by atoms with Crippen molar-refractivity contribution in [2.45, 2.75) is 25.5 Å². The first-order valence-electron chi connectivity index (χ1n) is 9.00. The molecular formula is C21H19FN2O2. The predicted octanol–water partition coefficient (Wildman–Crippen LogP) is 4.11. The van der Waals surface area contributed by atoms with Gasteiger partial charge in [0, 0.05) is 39.2 Å². The van der Waals surface area contributed by atoms with Gasteiger partial charge in [0.2, 0.25) is 0 Å². The first-order chi connectivity index (χ1) is 12.7. The van der Waals surface area contributed by atoms with Gasteiger partial charge in [-0.2, -0.15) is 0 Å². The fourth-order valence-electron chi connectivity index (χ4n) is 4.18. The van der Waals surface area contributed by atoms with E-state index in [9.17, 15) is 9.18 Å². The van der Waals surface area contributed by atoms with E-state index in [-0.39, 0.29) is 24.2 Å². The van der Waals surface area contributed by atoms with Gasteiger partial charge >= 0.3 is 0 Å². The fourth-order valence-corrected chi connectivity index (χ4v) is 4.18. The zero-order chi connectivity index (χ0) is 17.7. The van der Waals surface area contributed by atoms with Crippen LogP contribution in [0.15, 0.2) is 36.4 Å². The molecule has 0 amide bonds. The van der Waals surface area contributed by atoms with Gasteiger partial charge in [0.15, 0.2) is 5.78 Å². The second-order valence-corrected chi connectivity index (χ2v) is 7.01. The van der Waals surface area contributed by atoms with E-state index >= 15 is 0 Å². The highest BCUT2D eigenvalue weighted by molar-refractivity contribution is 6.11. The third kappa shape index (κ3) is 2.39. The maximum atomic E-state index is 14.8. The van der Waals surface area contributed by atoms with Gasteiger partial charge in [0.25, 0.3) is 0 Å². The zero-order valence-corrected chi connectivity index (χ0v) is 14.3. The van der Waals surface area contributed by atoms with Crippen LogP contribution in [0.3, 0.4) is 0 Å². The number of nitrogens with one attached hydrogen (secondary N) is 2. The molecule has 2 aliphatic rings. The Labute approximate surface area is 150 Å². The van der Waals surface area contributed by atoms with E-state index in [0.29, 0.717) is 12.2 Å². The van der Waals surface area contributed by atoms with Crippen molar-refractivity contribution in [1.29, 1.82) is 0 Å². The number of hydrogen-bond donors (Lipinski definition) is 2. The largest absolute Gasteiger partial charge is 0.369 e. The van der Waals surface area contributed by atoms with Gasteiger partial charge in [-0.1, -0.05) is 24.3 Å². The number of aromatic amines is 1. The van der Waals surface area contributed by atoms with Crippen LogP contribution < -0.4 is 5.32 Å². The summed E-state index contributed by atoms with van der Waals surface area (Å²) in [4.78, 5) is 15.6. The predicted molar refractivity (Wildman–Crippen MR) is 97.7 cm³/mol. The van der Waals surface area contributed by atoms with Crippen LogP contribution in [0, 0.1) is 5.82 Å². The van der Waals surface area contributed by atoms with Gasteiger partial charge in [0.1, 0.15) is 12.4 Å². The summed E-state index contributed by atoms with van der Waals surface area (Å²) in [6.45, 7) is 1.35. The van der Waals surface area contributed by atoms with Gasteiger partial charge < -0.3 is 15.0 Å². The zero-order valence-electron chi connectivity index (χ0n) is 14.3. The SMILES string of the molecule is O=C1COCc2c(-c3ccc([C@@H]4CCCN4)c(F)c3)[nH]c3cccc1c23. The van der Waals surface area contributed by atoms with E-state index in [2.05, 4.69) is 10.3 Å². The number of ketones is 1. The molecule has 2 aromatic carbocycles. The molecule has 5 rings (SSSR count). The number of rotatable bonds is 2. The summed E-state index contributed by atoms with van der Waals surface area (Å²) in [6, 6.07) is 11.1. The number of halogens is 1. The van der Waals surface area contributed by atoms with Crippen molar-refractivity contribution in [2.75, 3.05) is 13.2 Å². The van der Waals surface area contributed by atoms with Crippen LogP contribution in [-0.2, 0) is 11.3 Å². The molecule has 3 heterocycles. The Morgan fingerprint density at radius 2 is 2.08 bits per heavy atom. The summed E-state index contributed by atoms with van der Waals surface area (Å²) < 4.78 is 20.3. The van der Waals surface area contributed by atoms with Crippen molar-refractivity contribution in [2.24, 2.45) is 0 Å². The van der Waals surface area contributed by atoms with Crippen LogP contribution in [0.1, 0.15) is 40.4 Å². The molecule has 4 nitrogen and oxygen atoms in total. The lowest BCUT2D eigenvalue weighted by Crippen LogP contribution is -2.14. The van der Waals surface area contributed by atoms with Crippen LogP contribution >= 0.6 is 0 Å². The molecule has 1 atom stereocenters. The molecule has 2 N–H and O–H groups in total. The maximum Gasteiger partial charge on any atom is 0.189 e. The molecule has 1 saturated heterocycles. The lowest BCUT2D eigenvalue weighted by Gasteiger charge is -2.13. The third-order valence-corrected chi connectivity index (χ3v) is 5.43. The molecule has 0 saturated carbocycles. The molecule has 0 unspecified atom stereocenters. The molecule has 132 valence electrons. The Hall–Kier alpha value is -2.50. The highest BCUT2D eigenvalue weighted by Gasteiger charge is 2.24. The quantitative estimate of drug-likeness (QED) is 0.731. The number of ether oxygens (including phenoxy) is 1. The second-order valence-electron chi connectivity index (χ2n) is 7.01. The summed E-state index contributed by atoms with van der Waals surface area (Å²) in [7, 11) is 0. The Balaban J connectivity index is 1.65. The highest BCUT2D eigenvalue weighted by atomic mass is 19.1. The molecule has 2 aliphatic heterocycles. The van der Waals surface area contributed by atoms with Crippen LogP contribution in [0.5, 0.6) is 0 Å². The topological polar surface area (TPSA) is 54.1 Å². The molecule has 5 heteroatoms. The molecule has 0 aliphatic carbocycles. The van der Waals surface area contributed by atoms with Crippen molar-refractivity contribution in [3.8, 4) is 11.3 Å². The average Bonchev–Trinajstić information content (AvgIpc) is 3.26. The van der Waals surface area contributed by atoms with Gasteiger partial charge in [-0.15, -0.1) is 0 Å². The molecule has 26 heavy (non-hydrogen) atoms. The third-order valence-electron chi connectivity index (χ3n) is 5.43. The molecule has 0 bridgehead atoms. The van der Waals surface area contributed by atoms with Crippen molar-refractivity contribution in [1.82, 2.24) is 10.3 Å². The molecule has 0 spiro atoms. The number of benzene rings is 2. The van der Waals surface area contributed by atoms with Crippen LogP contribution in [0.2, 0.25) is 0 Å². The van der Waals surface area contributed by atoms with Crippen molar-refractivity contribution in [3.05, 3.63) is 58.9 Å². The average molecular weight is 350 g/mol. The van der Waals surface area contributed by atoms with Gasteiger partial charge in [-0.05, 0) is 31.5 Å². The lowest BCUT2D eigenvalue weighted by molar-refractivity contribution is 0.0742. The smallest absolute Gasteiger partial charge is 0.189 e. The van der Waals surface area contributed by atoms with E-state index in [0.717, 1.165) is 52.7 Å². The minimum atomic E-state index is -0.196. The van der Waals surface area contributed by atoms with Gasteiger partial charge in [-0.25, -0.2) is 4.39 Å². The number of aromatic nitrogens is 1. The number of H-pyrrole nitrogens is 1. The summed E-state index contributed by atoms with van der Waals surface area (Å²) in [6.07, 6.45) is 2.04. The van der Waals surface area contributed by atoms with Crippen molar-refractivity contribution < 1.29 is 13.9 Å². The molecule has 1 fully saturated rings.